The second-order valence-electron chi connectivity index (χ2n) is 4.16. The van der Waals surface area contributed by atoms with Gasteiger partial charge in [-0.1, -0.05) is 22.0 Å². The quantitative estimate of drug-likeness (QED) is 0.854. The van der Waals surface area contributed by atoms with Gasteiger partial charge in [-0.3, -0.25) is 4.98 Å². The SMILES string of the molecule is C[C@H](O)c1ccc(Br)cc1OCc1cncc(Br)c1. The van der Waals surface area contributed by atoms with E-state index in [1.54, 1.807) is 19.3 Å². The molecule has 0 aliphatic heterocycles. The Balaban J connectivity index is 2.17. The van der Waals surface area contributed by atoms with E-state index in [0.29, 0.717) is 12.4 Å². The molecule has 0 fully saturated rings. The molecule has 0 saturated carbocycles. The topological polar surface area (TPSA) is 42.4 Å². The van der Waals surface area contributed by atoms with Crippen molar-refractivity contribution in [3.8, 4) is 5.75 Å². The van der Waals surface area contributed by atoms with E-state index in [2.05, 4.69) is 36.8 Å². The first-order valence-electron chi connectivity index (χ1n) is 5.76. The molecule has 0 bridgehead atoms. The van der Waals surface area contributed by atoms with E-state index < -0.39 is 6.10 Å². The number of pyridine rings is 1. The summed E-state index contributed by atoms with van der Waals surface area (Å²) in [6.45, 7) is 2.12. The number of halogens is 2. The zero-order valence-corrected chi connectivity index (χ0v) is 13.5. The van der Waals surface area contributed by atoms with Crippen LogP contribution in [0.1, 0.15) is 24.2 Å². The molecule has 3 nitrogen and oxygen atoms in total. The van der Waals surface area contributed by atoms with Gasteiger partial charge in [-0.2, -0.15) is 0 Å². The van der Waals surface area contributed by atoms with Gasteiger partial charge in [-0.15, -0.1) is 0 Å². The summed E-state index contributed by atoms with van der Waals surface area (Å²) in [6.07, 6.45) is 2.91. The highest BCUT2D eigenvalue weighted by Crippen LogP contribution is 2.29. The summed E-state index contributed by atoms with van der Waals surface area (Å²) in [5.74, 6) is 0.671. The lowest BCUT2D eigenvalue weighted by Gasteiger charge is -2.14. The van der Waals surface area contributed by atoms with Crippen LogP contribution in [0, 0.1) is 0 Å². The van der Waals surface area contributed by atoms with Crippen molar-refractivity contribution >= 4 is 31.9 Å². The molecular formula is C14H13Br2NO2. The van der Waals surface area contributed by atoms with Gasteiger partial charge in [-0.25, -0.2) is 0 Å². The summed E-state index contributed by atoms with van der Waals surface area (Å²) < 4.78 is 7.60. The predicted octanol–water partition coefficient (Wildman–Crippen LogP) is 4.24. The molecule has 0 aliphatic carbocycles. The Morgan fingerprint density at radius 2 is 2.00 bits per heavy atom. The Bertz CT molecular complexity index is 573. The van der Waals surface area contributed by atoms with Crippen LogP contribution in [0.4, 0.5) is 0 Å². The van der Waals surface area contributed by atoms with E-state index in [-0.39, 0.29) is 0 Å². The molecule has 0 radical (unpaired) electrons. The number of aliphatic hydroxyl groups is 1. The van der Waals surface area contributed by atoms with Crippen molar-refractivity contribution in [3.05, 3.63) is 56.7 Å². The van der Waals surface area contributed by atoms with Crippen LogP contribution >= 0.6 is 31.9 Å². The zero-order valence-electron chi connectivity index (χ0n) is 10.3. The molecule has 1 aromatic carbocycles. The average Bonchev–Trinajstić information content (AvgIpc) is 2.36. The minimum absolute atomic E-state index is 0.405. The molecule has 0 aliphatic rings. The summed E-state index contributed by atoms with van der Waals surface area (Å²) in [7, 11) is 0. The van der Waals surface area contributed by atoms with Gasteiger partial charge >= 0.3 is 0 Å². The Labute approximate surface area is 128 Å². The average molecular weight is 387 g/mol. The summed E-state index contributed by atoms with van der Waals surface area (Å²) in [4.78, 5) is 4.09. The number of ether oxygens (including phenoxy) is 1. The summed E-state index contributed by atoms with van der Waals surface area (Å²) in [6, 6.07) is 7.54. The minimum Gasteiger partial charge on any atom is -0.488 e. The van der Waals surface area contributed by atoms with Crippen LogP contribution in [-0.4, -0.2) is 10.1 Å². The van der Waals surface area contributed by atoms with E-state index >= 15 is 0 Å². The molecule has 0 saturated heterocycles. The maximum absolute atomic E-state index is 9.72. The van der Waals surface area contributed by atoms with Crippen molar-refractivity contribution in [1.29, 1.82) is 0 Å². The highest BCUT2D eigenvalue weighted by Gasteiger charge is 2.10. The van der Waals surface area contributed by atoms with Crippen molar-refractivity contribution < 1.29 is 9.84 Å². The maximum Gasteiger partial charge on any atom is 0.126 e. The van der Waals surface area contributed by atoms with E-state index in [9.17, 15) is 5.11 Å². The van der Waals surface area contributed by atoms with Crippen LogP contribution < -0.4 is 4.74 Å². The molecule has 1 aromatic heterocycles. The van der Waals surface area contributed by atoms with E-state index in [4.69, 9.17) is 4.74 Å². The number of aromatic nitrogens is 1. The van der Waals surface area contributed by atoms with Crippen molar-refractivity contribution in [2.75, 3.05) is 0 Å². The molecule has 0 amide bonds. The summed E-state index contributed by atoms with van der Waals surface area (Å²) in [5, 5.41) is 9.72. The monoisotopic (exact) mass is 385 g/mol. The molecule has 1 N–H and O–H groups in total. The molecule has 0 unspecified atom stereocenters. The Morgan fingerprint density at radius 1 is 1.21 bits per heavy atom. The van der Waals surface area contributed by atoms with E-state index in [1.165, 1.54) is 0 Å². The third kappa shape index (κ3) is 4.03. The molecule has 5 heteroatoms. The van der Waals surface area contributed by atoms with Crippen molar-refractivity contribution in [3.63, 3.8) is 0 Å². The van der Waals surface area contributed by atoms with Gasteiger partial charge in [0.05, 0.1) is 6.10 Å². The third-order valence-electron chi connectivity index (χ3n) is 2.58. The third-order valence-corrected chi connectivity index (χ3v) is 3.51. The van der Waals surface area contributed by atoms with Crippen LogP contribution in [0.3, 0.4) is 0 Å². The van der Waals surface area contributed by atoms with Crippen molar-refractivity contribution in [2.24, 2.45) is 0 Å². The van der Waals surface area contributed by atoms with Crippen LogP contribution in [0.25, 0.3) is 0 Å². The largest absolute Gasteiger partial charge is 0.488 e. The standard InChI is InChI=1S/C14H13Br2NO2/c1-9(18)13-3-2-11(15)5-14(13)19-8-10-4-12(16)7-17-6-10/h2-7,9,18H,8H2,1H3/t9-/m0/s1. The Morgan fingerprint density at radius 3 is 2.68 bits per heavy atom. The number of nitrogens with zero attached hydrogens (tertiary/aromatic N) is 1. The zero-order chi connectivity index (χ0) is 13.8. The number of hydrogen-bond donors (Lipinski definition) is 1. The van der Waals surface area contributed by atoms with Gasteiger partial charge < -0.3 is 9.84 Å². The highest BCUT2D eigenvalue weighted by atomic mass is 79.9. The number of hydrogen-bond acceptors (Lipinski definition) is 3. The fourth-order valence-electron chi connectivity index (χ4n) is 1.67. The van der Waals surface area contributed by atoms with Crippen LogP contribution in [-0.2, 0) is 6.61 Å². The second-order valence-corrected chi connectivity index (χ2v) is 5.99. The second kappa shape index (κ2) is 6.50. The highest BCUT2D eigenvalue weighted by molar-refractivity contribution is 9.10. The molecular weight excluding hydrogens is 374 g/mol. The van der Waals surface area contributed by atoms with Gasteiger partial charge in [0, 0.05) is 32.5 Å². The van der Waals surface area contributed by atoms with Crippen molar-refractivity contribution in [2.45, 2.75) is 19.6 Å². The number of benzene rings is 1. The van der Waals surface area contributed by atoms with Crippen molar-refractivity contribution in [1.82, 2.24) is 4.98 Å². The van der Waals surface area contributed by atoms with Crippen LogP contribution in [0.2, 0.25) is 0 Å². The van der Waals surface area contributed by atoms with Gasteiger partial charge in [0.2, 0.25) is 0 Å². The molecule has 0 spiro atoms. The van der Waals surface area contributed by atoms with E-state index in [0.717, 1.165) is 20.1 Å². The maximum atomic E-state index is 9.72. The number of rotatable bonds is 4. The van der Waals surface area contributed by atoms with Crippen LogP contribution in [0.15, 0.2) is 45.6 Å². The minimum atomic E-state index is -0.566. The molecule has 100 valence electrons. The van der Waals surface area contributed by atoms with Gasteiger partial charge in [-0.05, 0) is 41.1 Å². The summed E-state index contributed by atoms with van der Waals surface area (Å²) >= 11 is 6.77. The lowest BCUT2D eigenvalue weighted by Crippen LogP contribution is -2.01. The van der Waals surface area contributed by atoms with Crippen LogP contribution in [0.5, 0.6) is 5.75 Å². The van der Waals surface area contributed by atoms with Gasteiger partial charge in [0.15, 0.2) is 0 Å². The molecule has 1 heterocycles. The first-order chi connectivity index (χ1) is 9.06. The Hall–Kier alpha value is -0.910. The molecule has 2 rings (SSSR count). The van der Waals surface area contributed by atoms with E-state index in [1.807, 2.05) is 24.3 Å². The fraction of sp³-hybridized carbons (Fsp3) is 0.214. The molecule has 1 atom stereocenters. The normalized spacial score (nSPS) is 12.2. The summed E-state index contributed by atoms with van der Waals surface area (Å²) in [5.41, 5.74) is 1.73. The molecule has 2 aromatic rings. The first kappa shape index (κ1) is 14.5. The first-order valence-corrected chi connectivity index (χ1v) is 7.34. The lowest BCUT2D eigenvalue weighted by atomic mass is 10.1. The lowest BCUT2D eigenvalue weighted by molar-refractivity contribution is 0.190. The van der Waals surface area contributed by atoms with Gasteiger partial charge in [0.1, 0.15) is 12.4 Å². The fourth-order valence-corrected chi connectivity index (χ4v) is 2.43. The smallest absolute Gasteiger partial charge is 0.126 e. The molecule has 19 heavy (non-hydrogen) atoms. The number of aliphatic hydroxyl groups excluding tert-OH is 1. The Kier molecular flexibility index (Phi) is 4.96. The van der Waals surface area contributed by atoms with Gasteiger partial charge in [0.25, 0.3) is 0 Å². The predicted molar refractivity (Wildman–Crippen MR) is 81.0 cm³/mol.